The van der Waals surface area contributed by atoms with Crippen molar-refractivity contribution in [3.05, 3.63) is 53.1 Å². The van der Waals surface area contributed by atoms with E-state index in [9.17, 15) is 9.59 Å². The minimum atomic E-state index is -0.675. The lowest BCUT2D eigenvalue weighted by Crippen LogP contribution is -2.17. The van der Waals surface area contributed by atoms with Crippen molar-refractivity contribution in [3.63, 3.8) is 0 Å². The predicted octanol–water partition coefficient (Wildman–Crippen LogP) is 4.01. The third kappa shape index (κ3) is 4.39. The molecule has 1 aliphatic carbocycles. The molecular weight excluding hydrogens is 292 g/mol. The Hall–Kier alpha value is -2.69. The largest absolute Gasteiger partial charge is 0.437 e. The van der Waals surface area contributed by atoms with Gasteiger partial charge in [-0.3, -0.25) is 14.9 Å². The molecule has 1 aromatic rings. The van der Waals surface area contributed by atoms with Crippen molar-refractivity contribution >= 4 is 23.3 Å². The standard InChI is InChI=1S/C18H20N2O3/c1-11(2)15-10-16(13(4)9-17(15)21)20-23-18(22)19-14-7-5-12(3)6-8-14/h5-11H,1-4H3,(H,19,22)/b20-16+. The Bertz CT molecular complexity index is 710. The maximum Gasteiger partial charge on any atom is 0.437 e. The van der Waals surface area contributed by atoms with E-state index in [1.807, 2.05) is 32.9 Å². The van der Waals surface area contributed by atoms with Gasteiger partial charge in [-0.25, -0.2) is 4.79 Å². The SMILES string of the molecule is CC1=CC(=O)C(C(C)C)=C/C1=N\OC(=O)Nc1ccc(C)cc1. The van der Waals surface area contributed by atoms with Crippen molar-refractivity contribution in [3.8, 4) is 0 Å². The molecule has 0 atom stereocenters. The Morgan fingerprint density at radius 2 is 1.78 bits per heavy atom. The van der Waals surface area contributed by atoms with Crippen molar-refractivity contribution in [1.29, 1.82) is 0 Å². The second-order valence-corrected chi connectivity index (χ2v) is 5.79. The quantitative estimate of drug-likeness (QED) is 0.521. The molecule has 23 heavy (non-hydrogen) atoms. The van der Waals surface area contributed by atoms with Gasteiger partial charge in [0.25, 0.3) is 0 Å². The number of nitrogens with zero attached hydrogens (tertiary/aromatic N) is 1. The van der Waals surface area contributed by atoms with Gasteiger partial charge in [0.1, 0.15) is 5.71 Å². The van der Waals surface area contributed by atoms with E-state index in [1.165, 1.54) is 6.08 Å². The average Bonchev–Trinajstić information content (AvgIpc) is 2.48. The number of anilines is 1. The molecule has 0 saturated carbocycles. The molecule has 1 aromatic carbocycles. The minimum absolute atomic E-state index is 0.0273. The highest BCUT2D eigenvalue weighted by molar-refractivity contribution is 6.21. The molecule has 2 rings (SSSR count). The minimum Gasteiger partial charge on any atom is -0.297 e. The number of nitrogens with one attached hydrogen (secondary N) is 1. The molecule has 0 radical (unpaired) electrons. The van der Waals surface area contributed by atoms with Crippen molar-refractivity contribution in [2.45, 2.75) is 27.7 Å². The third-order valence-corrected chi connectivity index (χ3v) is 3.48. The summed E-state index contributed by atoms with van der Waals surface area (Å²) >= 11 is 0. The molecule has 1 amide bonds. The van der Waals surface area contributed by atoms with Crippen LogP contribution in [0.2, 0.25) is 0 Å². The number of amides is 1. The lowest BCUT2D eigenvalue weighted by Gasteiger charge is -2.14. The number of carbonyl (C=O) groups excluding carboxylic acids is 2. The summed E-state index contributed by atoms with van der Waals surface area (Å²) in [7, 11) is 0. The molecule has 0 bridgehead atoms. The number of aryl methyl sites for hydroxylation is 1. The fourth-order valence-corrected chi connectivity index (χ4v) is 2.10. The number of benzene rings is 1. The van der Waals surface area contributed by atoms with E-state index in [-0.39, 0.29) is 11.7 Å². The van der Waals surface area contributed by atoms with Gasteiger partial charge in [-0.15, -0.1) is 0 Å². The van der Waals surface area contributed by atoms with Gasteiger partial charge < -0.3 is 0 Å². The van der Waals surface area contributed by atoms with E-state index >= 15 is 0 Å². The van der Waals surface area contributed by atoms with E-state index in [0.717, 1.165) is 5.56 Å². The van der Waals surface area contributed by atoms with Crippen LogP contribution in [0.5, 0.6) is 0 Å². The molecular formula is C18H20N2O3. The summed E-state index contributed by atoms with van der Waals surface area (Å²) in [5, 5.41) is 6.44. The summed E-state index contributed by atoms with van der Waals surface area (Å²) in [6.45, 7) is 7.58. The Balaban J connectivity index is 2.06. The van der Waals surface area contributed by atoms with Crippen LogP contribution >= 0.6 is 0 Å². The number of carbonyl (C=O) groups is 2. The lowest BCUT2D eigenvalue weighted by atomic mass is 9.90. The zero-order chi connectivity index (χ0) is 17.0. The number of oxime groups is 1. The second-order valence-electron chi connectivity index (χ2n) is 5.79. The molecule has 0 aromatic heterocycles. The molecule has 0 fully saturated rings. The molecule has 5 heteroatoms. The van der Waals surface area contributed by atoms with Crippen LogP contribution in [-0.2, 0) is 9.63 Å². The molecule has 0 saturated heterocycles. The normalized spacial score (nSPS) is 16.2. The number of hydrogen-bond donors (Lipinski definition) is 1. The van der Waals surface area contributed by atoms with Crippen molar-refractivity contribution in [1.82, 2.24) is 0 Å². The number of hydrogen-bond acceptors (Lipinski definition) is 4. The molecule has 0 spiro atoms. The zero-order valence-electron chi connectivity index (χ0n) is 13.7. The van der Waals surface area contributed by atoms with Crippen molar-refractivity contribution < 1.29 is 14.4 Å². The Morgan fingerprint density at radius 3 is 2.39 bits per heavy atom. The number of ketones is 1. The summed E-state index contributed by atoms with van der Waals surface area (Å²) in [6.07, 6.45) is 2.50. The highest BCUT2D eigenvalue weighted by Gasteiger charge is 2.19. The summed E-state index contributed by atoms with van der Waals surface area (Å²) in [5.41, 5.74) is 3.53. The maximum atomic E-state index is 11.9. The van der Waals surface area contributed by atoms with Crippen molar-refractivity contribution in [2.75, 3.05) is 5.32 Å². The summed E-state index contributed by atoms with van der Waals surface area (Å²) < 4.78 is 0. The van der Waals surface area contributed by atoms with Gasteiger partial charge in [0.05, 0.1) is 0 Å². The first-order valence-corrected chi connectivity index (χ1v) is 7.44. The van der Waals surface area contributed by atoms with Crippen LogP contribution in [0.4, 0.5) is 10.5 Å². The van der Waals surface area contributed by atoms with Crippen LogP contribution in [-0.4, -0.2) is 17.6 Å². The first kappa shape index (κ1) is 16.7. The molecule has 0 heterocycles. The van der Waals surface area contributed by atoms with Crippen LogP contribution < -0.4 is 5.32 Å². The smallest absolute Gasteiger partial charge is 0.297 e. The van der Waals surface area contributed by atoms with E-state index in [4.69, 9.17) is 4.84 Å². The Labute approximate surface area is 135 Å². The van der Waals surface area contributed by atoms with E-state index in [1.54, 1.807) is 25.1 Å². The lowest BCUT2D eigenvalue weighted by molar-refractivity contribution is -0.111. The topological polar surface area (TPSA) is 67.8 Å². The van der Waals surface area contributed by atoms with Gasteiger partial charge in [-0.05, 0) is 49.6 Å². The second kappa shape index (κ2) is 7.05. The fourth-order valence-electron chi connectivity index (χ4n) is 2.10. The first-order valence-electron chi connectivity index (χ1n) is 7.44. The molecule has 5 nitrogen and oxygen atoms in total. The summed E-state index contributed by atoms with van der Waals surface area (Å²) in [4.78, 5) is 28.5. The summed E-state index contributed by atoms with van der Waals surface area (Å²) in [5.74, 6) is 0.0546. The van der Waals surface area contributed by atoms with Gasteiger partial charge in [0.15, 0.2) is 5.78 Å². The van der Waals surface area contributed by atoms with Gasteiger partial charge in [-0.2, -0.15) is 0 Å². The average molecular weight is 312 g/mol. The number of allylic oxidation sites excluding steroid dienone is 4. The van der Waals surface area contributed by atoms with Crippen LogP contribution in [0.1, 0.15) is 26.3 Å². The van der Waals surface area contributed by atoms with E-state index in [2.05, 4.69) is 10.5 Å². The van der Waals surface area contributed by atoms with Gasteiger partial charge in [0.2, 0.25) is 0 Å². The van der Waals surface area contributed by atoms with Crippen molar-refractivity contribution in [2.24, 2.45) is 11.1 Å². The van der Waals surface area contributed by atoms with Gasteiger partial charge >= 0.3 is 6.09 Å². The Kier molecular flexibility index (Phi) is 5.11. The monoisotopic (exact) mass is 312 g/mol. The van der Waals surface area contributed by atoms with Crippen LogP contribution in [0, 0.1) is 12.8 Å². The third-order valence-electron chi connectivity index (χ3n) is 3.48. The highest BCUT2D eigenvalue weighted by Crippen LogP contribution is 2.19. The maximum absolute atomic E-state index is 11.9. The summed E-state index contributed by atoms with van der Waals surface area (Å²) in [6, 6.07) is 7.34. The molecule has 0 unspecified atom stereocenters. The van der Waals surface area contributed by atoms with Crippen LogP contribution in [0.15, 0.2) is 52.7 Å². The van der Waals surface area contributed by atoms with Gasteiger partial charge in [0, 0.05) is 11.3 Å². The van der Waals surface area contributed by atoms with E-state index < -0.39 is 6.09 Å². The zero-order valence-corrected chi connectivity index (χ0v) is 13.7. The van der Waals surface area contributed by atoms with Gasteiger partial charge in [-0.1, -0.05) is 36.7 Å². The van der Waals surface area contributed by atoms with Crippen LogP contribution in [0.3, 0.4) is 0 Å². The molecule has 120 valence electrons. The van der Waals surface area contributed by atoms with Crippen LogP contribution in [0.25, 0.3) is 0 Å². The Morgan fingerprint density at radius 1 is 1.13 bits per heavy atom. The fraction of sp³-hybridized carbons (Fsp3) is 0.278. The first-order chi connectivity index (χ1) is 10.9. The predicted molar refractivity (Wildman–Crippen MR) is 90.4 cm³/mol. The molecule has 0 aliphatic heterocycles. The van der Waals surface area contributed by atoms with E-state index in [0.29, 0.717) is 22.5 Å². The molecule has 1 N–H and O–H groups in total. The highest BCUT2D eigenvalue weighted by atomic mass is 16.7. The number of rotatable bonds is 3. The molecule has 1 aliphatic rings.